The number of amides is 1. The molecule has 2 aromatic carbocycles. The topological polar surface area (TPSA) is 64.6 Å². The maximum atomic E-state index is 12.3. The van der Waals surface area contributed by atoms with Crippen molar-refractivity contribution in [1.82, 2.24) is 0 Å². The summed E-state index contributed by atoms with van der Waals surface area (Å²) in [6.07, 6.45) is -4.54. The summed E-state index contributed by atoms with van der Waals surface area (Å²) in [6.45, 7) is 1.84. The number of esters is 1. The highest BCUT2D eigenvalue weighted by molar-refractivity contribution is 5.98. The Balaban J connectivity index is 1.78. The minimum absolute atomic E-state index is 0.236. The van der Waals surface area contributed by atoms with Gasteiger partial charge in [-0.1, -0.05) is 25.1 Å². The lowest BCUT2D eigenvalue weighted by Crippen LogP contribution is -2.38. The third-order valence-electron chi connectivity index (χ3n) is 4.21. The van der Waals surface area contributed by atoms with Crippen LogP contribution < -0.4 is 10.1 Å². The van der Waals surface area contributed by atoms with Crippen LogP contribution in [0.3, 0.4) is 0 Å². The first kappa shape index (κ1) is 19.7. The Labute approximate surface area is 159 Å². The van der Waals surface area contributed by atoms with E-state index in [1.807, 2.05) is 13.0 Å². The highest BCUT2D eigenvalue weighted by Gasteiger charge is 2.31. The van der Waals surface area contributed by atoms with Crippen LogP contribution in [0.15, 0.2) is 42.5 Å². The van der Waals surface area contributed by atoms with E-state index < -0.39 is 18.4 Å². The first-order valence-electron chi connectivity index (χ1n) is 8.74. The largest absolute Gasteiger partial charge is 0.573 e. The molecule has 1 atom stereocenters. The molecule has 0 spiro atoms. The Hall–Kier alpha value is -3.03. The number of hydrogen-bond acceptors (Lipinski definition) is 4. The predicted molar refractivity (Wildman–Crippen MR) is 95.7 cm³/mol. The summed E-state index contributed by atoms with van der Waals surface area (Å²) in [5.74, 6) is -1.11. The molecule has 1 aliphatic rings. The van der Waals surface area contributed by atoms with Gasteiger partial charge in [-0.25, -0.2) is 0 Å². The van der Waals surface area contributed by atoms with Crippen LogP contribution in [0.5, 0.6) is 5.75 Å². The van der Waals surface area contributed by atoms with E-state index in [2.05, 4.69) is 10.1 Å². The molecule has 0 saturated heterocycles. The van der Waals surface area contributed by atoms with Crippen LogP contribution in [0.1, 0.15) is 25.3 Å². The molecule has 2 aromatic rings. The number of carbonyl (C=O) groups excluding carboxylic acids is 2. The van der Waals surface area contributed by atoms with Gasteiger partial charge in [0, 0.05) is 18.5 Å². The summed E-state index contributed by atoms with van der Waals surface area (Å²) in [4.78, 5) is 23.8. The zero-order valence-electron chi connectivity index (χ0n) is 15.0. The molecule has 1 amide bonds. The van der Waals surface area contributed by atoms with Crippen molar-refractivity contribution in [3.8, 4) is 16.9 Å². The molecular formula is C20H18F3NO4. The minimum Gasteiger partial charge on any atom is -0.452 e. The number of fused-ring (bicyclic) bond motifs is 1. The lowest BCUT2D eigenvalue weighted by atomic mass is 9.95. The molecule has 5 nitrogen and oxygen atoms in total. The zero-order valence-corrected chi connectivity index (χ0v) is 15.0. The number of nitrogens with one attached hydrogen (secondary N) is 1. The minimum atomic E-state index is -4.74. The molecule has 8 heteroatoms. The van der Waals surface area contributed by atoms with Gasteiger partial charge in [-0.05, 0) is 47.4 Å². The highest BCUT2D eigenvalue weighted by Crippen LogP contribution is 2.31. The van der Waals surface area contributed by atoms with Gasteiger partial charge in [-0.15, -0.1) is 13.2 Å². The number of halogens is 3. The average molecular weight is 393 g/mol. The smallest absolute Gasteiger partial charge is 0.452 e. The Morgan fingerprint density at radius 3 is 2.46 bits per heavy atom. The molecule has 1 unspecified atom stereocenters. The van der Waals surface area contributed by atoms with Crippen LogP contribution >= 0.6 is 0 Å². The van der Waals surface area contributed by atoms with E-state index in [0.29, 0.717) is 17.7 Å². The molecule has 3 rings (SSSR count). The molecule has 1 heterocycles. The molecule has 28 heavy (non-hydrogen) atoms. The molecule has 0 aromatic heterocycles. The number of alkyl halides is 3. The van der Waals surface area contributed by atoms with Gasteiger partial charge in [0.15, 0.2) is 6.10 Å². The molecule has 0 aliphatic carbocycles. The van der Waals surface area contributed by atoms with Gasteiger partial charge in [0.25, 0.3) is 5.91 Å². The van der Waals surface area contributed by atoms with Gasteiger partial charge in [0.1, 0.15) is 5.75 Å². The predicted octanol–water partition coefficient (Wildman–Crippen LogP) is 4.46. The fourth-order valence-corrected chi connectivity index (χ4v) is 2.94. The number of carbonyl (C=O) groups is 2. The van der Waals surface area contributed by atoms with E-state index in [9.17, 15) is 22.8 Å². The zero-order chi connectivity index (χ0) is 20.3. The van der Waals surface area contributed by atoms with Crippen LogP contribution in [0, 0.1) is 0 Å². The van der Waals surface area contributed by atoms with Crippen molar-refractivity contribution in [2.45, 2.75) is 38.7 Å². The fraction of sp³-hybridized carbons (Fsp3) is 0.300. The van der Waals surface area contributed by atoms with Crippen molar-refractivity contribution in [1.29, 1.82) is 0 Å². The summed E-state index contributed by atoms with van der Waals surface area (Å²) in [5.41, 5.74) is 2.84. The summed E-state index contributed by atoms with van der Waals surface area (Å²) >= 11 is 0. The second-order valence-electron chi connectivity index (χ2n) is 6.37. The van der Waals surface area contributed by atoms with Crippen molar-refractivity contribution < 1.29 is 32.2 Å². The molecule has 1 N–H and O–H groups in total. The molecular weight excluding hydrogens is 375 g/mol. The first-order chi connectivity index (χ1) is 13.2. The van der Waals surface area contributed by atoms with Crippen molar-refractivity contribution in [3.63, 3.8) is 0 Å². The van der Waals surface area contributed by atoms with Crippen LogP contribution in [0.25, 0.3) is 11.1 Å². The average Bonchev–Trinajstić information content (AvgIpc) is 2.61. The van der Waals surface area contributed by atoms with Gasteiger partial charge in [0.05, 0.1) is 0 Å². The molecule has 0 bridgehead atoms. The third-order valence-corrected chi connectivity index (χ3v) is 4.21. The van der Waals surface area contributed by atoms with Gasteiger partial charge in [-0.2, -0.15) is 0 Å². The number of hydrogen-bond donors (Lipinski definition) is 1. The normalized spacial score (nSPS) is 16.1. The fourth-order valence-electron chi connectivity index (χ4n) is 2.94. The van der Waals surface area contributed by atoms with Gasteiger partial charge in [0.2, 0.25) is 0 Å². The lowest BCUT2D eigenvalue weighted by molar-refractivity contribution is -0.274. The maximum Gasteiger partial charge on any atom is 0.573 e. The highest BCUT2D eigenvalue weighted by atomic mass is 19.4. The second-order valence-corrected chi connectivity index (χ2v) is 6.37. The number of benzene rings is 2. The summed E-state index contributed by atoms with van der Waals surface area (Å²) in [5, 5.41) is 2.71. The van der Waals surface area contributed by atoms with Gasteiger partial charge >= 0.3 is 12.3 Å². The standard InChI is InChI=1S/C20H18F3NO4/c1-2-3-18(25)27-17-11-14-10-13(6-9-16(14)24-19(17)26)12-4-7-15(8-5-12)28-20(21,22)23/h4-10,17H,2-3,11H2,1H3,(H,24,26). The number of rotatable bonds is 5. The number of ether oxygens (including phenoxy) is 2. The van der Waals surface area contributed by atoms with Crippen molar-refractivity contribution in [2.24, 2.45) is 0 Å². The van der Waals surface area contributed by atoms with Crippen LogP contribution in [-0.2, 0) is 20.7 Å². The Morgan fingerprint density at radius 1 is 1.14 bits per heavy atom. The van der Waals surface area contributed by atoms with Crippen molar-refractivity contribution in [2.75, 3.05) is 5.32 Å². The first-order valence-corrected chi connectivity index (χ1v) is 8.74. The SMILES string of the molecule is CCCC(=O)OC1Cc2cc(-c3ccc(OC(F)(F)F)cc3)ccc2NC1=O. The maximum absolute atomic E-state index is 12.3. The summed E-state index contributed by atoms with van der Waals surface area (Å²) in [6, 6.07) is 10.8. The summed E-state index contributed by atoms with van der Waals surface area (Å²) < 4.78 is 45.9. The van der Waals surface area contributed by atoms with E-state index in [1.165, 1.54) is 24.3 Å². The van der Waals surface area contributed by atoms with Crippen LogP contribution in [0.4, 0.5) is 18.9 Å². The summed E-state index contributed by atoms with van der Waals surface area (Å²) in [7, 11) is 0. The lowest BCUT2D eigenvalue weighted by Gasteiger charge is -2.25. The number of anilines is 1. The molecule has 0 fully saturated rings. The van der Waals surface area contributed by atoms with Crippen LogP contribution in [-0.4, -0.2) is 24.3 Å². The van der Waals surface area contributed by atoms with Crippen molar-refractivity contribution in [3.05, 3.63) is 48.0 Å². The van der Waals surface area contributed by atoms with E-state index in [-0.39, 0.29) is 24.5 Å². The Morgan fingerprint density at radius 2 is 1.82 bits per heavy atom. The Kier molecular flexibility index (Phi) is 5.58. The Bertz CT molecular complexity index is 878. The molecule has 148 valence electrons. The quantitative estimate of drug-likeness (QED) is 0.762. The van der Waals surface area contributed by atoms with Gasteiger partial charge in [-0.3, -0.25) is 9.59 Å². The third kappa shape index (κ3) is 4.82. The van der Waals surface area contributed by atoms with Crippen LogP contribution in [0.2, 0.25) is 0 Å². The molecule has 0 saturated carbocycles. The monoisotopic (exact) mass is 393 g/mol. The van der Waals surface area contributed by atoms with E-state index in [1.54, 1.807) is 12.1 Å². The molecule has 0 radical (unpaired) electrons. The van der Waals surface area contributed by atoms with Crippen molar-refractivity contribution >= 4 is 17.6 Å². The van der Waals surface area contributed by atoms with E-state index in [4.69, 9.17) is 4.74 Å². The van der Waals surface area contributed by atoms with E-state index in [0.717, 1.165) is 11.1 Å². The second kappa shape index (κ2) is 7.92. The molecule has 1 aliphatic heterocycles. The van der Waals surface area contributed by atoms with E-state index >= 15 is 0 Å². The van der Waals surface area contributed by atoms with Gasteiger partial charge < -0.3 is 14.8 Å².